The zero-order valence-electron chi connectivity index (χ0n) is 16.2. The molecule has 1 aliphatic heterocycles. The Bertz CT molecular complexity index is 1080. The molecule has 2 aromatic carbocycles. The van der Waals surface area contributed by atoms with Gasteiger partial charge in [0.15, 0.2) is 0 Å². The summed E-state index contributed by atoms with van der Waals surface area (Å²) in [5.41, 5.74) is 4.01. The van der Waals surface area contributed by atoms with Gasteiger partial charge in [0.1, 0.15) is 10.6 Å². The number of thiophene rings is 1. The van der Waals surface area contributed by atoms with Crippen LogP contribution in [0.2, 0.25) is 0 Å². The minimum Gasteiger partial charge on any atom is -0.494 e. The number of benzene rings is 2. The maximum atomic E-state index is 12.6. The molecule has 148 valence electrons. The van der Waals surface area contributed by atoms with E-state index in [2.05, 4.69) is 5.32 Å². The predicted molar refractivity (Wildman–Crippen MR) is 114 cm³/mol. The summed E-state index contributed by atoms with van der Waals surface area (Å²) in [6.07, 6.45) is 0.273. The predicted octanol–water partition coefficient (Wildman–Crippen LogP) is 5.29. The Morgan fingerprint density at radius 2 is 2.00 bits per heavy atom. The highest BCUT2D eigenvalue weighted by molar-refractivity contribution is 7.15. The van der Waals surface area contributed by atoms with E-state index in [4.69, 9.17) is 4.74 Å². The van der Waals surface area contributed by atoms with Gasteiger partial charge >= 0.3 is 5.97 Å². The summed E-state index contributed by atoms with van der Waals surface area (Å²) in [6.45, 7) is 4.46. The Labute approximate surface area is 173 Å². The molecule has 0 saturated carbocycles. The monoisotopic (exact) mass is 407 g/mol. The minimum atomic E-state index is -0.990. The summed E-state index contributed by atoms with van der Waals surface area (Å²) in [6, 6.07) is 15.4. The lowest BCUT2D eigenvalue weighted by molar-refractivity contribution is -0.116. The number of carbonyl (C=O) groups excluding carboxylic acids is 1. The maximum absolute atomic E-state index is 12.6. The van der Waals surface area contributed by atoms with Gasteiger partial charge in [-0.1, -0.05) is 42.0 Å². The fraction of sp³-hybridized carbons (Fsp3) is 0.217. The van der Waals surface area contributed by atoms with Gasteiger partial charge in [0, 0.05) is 22.8 Å². The number of nitrogens with one attached hydrogen (secondary N) is 1. The summed E-state index contributed by atoms with van der Waals surface area (Å²) in [5, 5.41) is 12.8. The molecule has 0 fully saturated rings. The van der Waals surface area contributed by atoms with Crippen molar-refractivity contribution in [1.29, 1.82) is 0 Å². The van der Waals surface area contributed by atoms with E-state index in [0.717, 1.165) is 27.3 Å². The summed E-state index contributed by atoms with van der Waals surface area (Å²) in [7, 11) is 0. The second kappa shape index (κ2) is 7.72. The lowest BCUT2D eigenvalue weighted by Gasteiger charge is -2.24. The number of anilines is 1. The van der Waals surface area contributed by atoms with Gasteiger partial charge in [-0.3, -0.25) is 4.79 Å². The molecule has 4 rings (SSSR count). The summed E-state index contributed by atoms with van der Waals surface area (Å²) in [5.74, 6) is -0.573. The topological polar surface area (TPSA) is 75.6 Å². The molecular formula is C23H21NO4S. The van der Waals surface area contributed by atoms with Crippen molar-refractivity contribution in [2.24, 2.45) is 0 Å². The lowest BCUT2D eigenvalue weighted by Crippen LogP contribution is -2.22. The summed E-state index contributed by atoms with van der Waals surface area (Å²) < 4.78 is 5.61. The largest absolute Gasteiger partial charge is 0.494 e. The molecule has 1 amide bonds. The molecular weight excluding hydrogens is 386 g/mol. The van der Waals surface area contributed by atoms with Crippen molar-refractivity contribution < 1.29 is 19.4 Å². The van der Waals surface area contributed by atoms with Crippen LogP contribution in [0, 0.1) is 6.92 Å². The van der Waals surface area contributed by atoms with E-state index in [0.29, 0.717) is 17.9 Å². The van der Waals surface area contributed by atoms with E-state index in [9.17, 15) is 14.7 Å². The number of aromatic carboxylic acids is 1. The Morgan fingerprint density at radius 3 is 2.69 bits per heavy atom. The summed E-state index contributed by atoms with van der Waals surface area (Å²) in [4.78, 5) is 25.7. The van der Waals surface area contributed by atoms with Crippen LogP contribution in [0.15, 0.2) is 48.5 Å². The van der Waals surface area contributed by atoms with Crippen molar-refractivity contribution in [1.82, 2.24) is 0 Å². The van der Waals surface area contributed by atoms with Crippen LogP contribution in [0.4, 0.5) is 5.69 Å². The zero-order valence-corrected chi connectivity index (χ0v) is 17.0. The van der Waals surface area contributed by atoms with Gasteiger partial charge in [-0.05, 0) is 37.1 Å². The highest BCUT2D eigenvalue weighted by Crippen LogP contribution is 2.49. The van der Waals surface area contributed by atoms with Gasteiger partial charge in [0.25, 0.3) is 0 Å². The molecule has 29 heavy (non-hydrogen) atoms. The second-order valence-electron chi connectivity index (χ2n) is 7.03. The van der Waals surface area contributed by atoms with Gasteiger partial charge in [-0.15, -0.1) is 11.3 Å². The summed E-state index contributed by atoms with van der Waals surface area (Å²) >= 11 is 1.24. The van der Waals surface area contributed by atoms with E-state index >= 15 is 0 Å². The molecule has 1 aromatic heterocycles. The van der Waals surface area contributed by atoms with Crippen molar-refractivity contribution in [3.8, 4) is 16.9 Å². The van der Waals surface area contributed by atoms with Crippen LogP contribution in [-0.2, 0) is 4.79 Å². The molecule has 6 heteroatoms. The Morgan fingerprint density at radius 1 is 1.24 bits per heavy atom. The van der Waals surface area contributed by atoms with Crippen molar-refractivity contribution in [3.63, 3.8) is 0 Å². The number of carbonyl (C=O) groups is 2. The molecule has 0 spiro atoms. The molecule has 0 radical (unpaired) electrons. The van der Waals surface area contributed by atoms with Crippen LogP contribution in [0.5, 0.6) is 5.75 Å². The number of aryl methyl sites for hydroxylation is 1. The van der Waals surface area contributed by atoms with Crippen molar-refractivity contribution in [2.75, 3.05) is 11.9 Å². The van der Waals surface area contributed by atoms with Crippen LogP contribution in [0.1, 0.15) is 44.9 Å². The first-order valence-electron chi connectivity index (χ1n) is 9.47. The average Bonchev–Trinajstić information content (AvgIpc) is 3.08. The van der Waals surface area contributed by atoms with Crippen LogP contribution >= 0.6 is 11.3 Å². The molecule has 3 aromatic rings. The molecule has 0 saturated heterocycles. The van der Waals surface area contributed by atoms with Crippen LogP contribution < -0.4 is 10.1 Å². The van der Waals surface area contributed by atoms with Crippen molar-refractivity contribution in [2.45, 2.75) is 26.2 Å². The molecule has 0 bridgehead atoms. The third kappa shape index (κ3) is 3.63. The first-order valence-corrected chi connectivity index (χ1v) is 10.3. The van der Waals surface area contributed by atoms with Crippen LogP contribution in [0.3, 0.4) is 0 Å². The SMILES string of the molecule is CCOc1cccc([C@H]2CC(=O)Nc3c2sc(C(=O)O)c3-c2ccc(C)cc2)c1. The first-order chi connectivity index (χ1) is 14.0. The van der Waals surface area contributed by atoms with E-state index in [1.807, 2.05) is 62.4 Å². The number of hydrogen-bond acceptors (Lipinski definition) is 4. The van der Waals surface area contributed by atoms with Crippen LogP contribution in [-0.4, -0.2) is 23.6 Å². The lowest BCUT2D eigenvalue weighted by atomic mass is 9.88. The Hall–Kier alpha value is -3.12. The number of amides is 1. The number of carboxylic acid groups (broad SMARTS) is 1. The van der Waals surface area contributed by atoms with Crippen molar-refractivity contribution >= 4 is 28.9 Å². The molecule has 5 nitrogen and oxygen atoms in total. The number of fused-ring (bicyclic) bond motifs is 1. The normalized spacial score (nSPS) is 15.5. The van der Waals surface area contributed by atoms with E-state index in [-0.39, 0.29) is 23.1 Å². The van der Waals surface area contributed by atoms with Crippen LogP contribution in [0.25, 0.3) is 11.1 Å². The average molecular weight is 407 g/mol. The fourth-order valence-corrected chi connectivity index (χ4v) is 4.94. The Kier molecular flexibility index (Phi) is 5.11. The zero-order chi connectivity index (χ0) is 20.5. The first kappa shape index (κ1) is 19.2. The quantitative estimate of drug-likeness (QED) is 0.602. The van der Waals surface area contributed by atoms with E-state index in [1.54, 1.807) is 0 Å². The van der Waals surface area contributed by atoms with Gasteiger partial charge in [0.05, 0.1) is 12.3 Å². The molecule has 1 atom stereocenters. The molecule has 0 aliphatic carbocycles. The van der Waals surface area contributed by atoms with Gasteiger partial charge in [-0.25, -0.2) is 4.79 Å². The maximum Gasteiger partial charge on any atom is 0.346 e. The number of hydrogen-bond donors (Lipinski definition) is 2. The van der Waals surface area contributed by atoms with Gasteiger partial charge in [-0.2, -0.15) is 0 Å². The third-order valence-corrected chi connectivity index (χ3v) is 6.30. The second-order valence-corrected chi connectivity index (χ2v) is 8.08. The van der Waals surface area contributed by atoms with Gasteiger partial charge < -0.3 is 15.2 Å². The molecule has 0 unspecified atom stereocenters. The standard InChI is InChI=1S/C23H21NO4S/c1-3-28-16-6-4-5-15(11-16)17-12-18(25)24-20-19(14-9-7-13(2)8-10-14)22(23(26)27)29-21(17)20/h4-11,17H,3,12H2,1-2H3,(H,24,25)(H,26,27)/t17-/m1/s1. The van der Waals surface area contributed by atoms with E-state index in [1.165, 1.54) is 11.3 Å². The smallest absolute Gasteiger partial charge is 0.346 e. The molecule has 2 N–H and O–H groups in total. The number of rotatable bonds is 5. The number of carboxylic acids is 1. The fourth-order valence-electron chi connectivity index (χ4n) is 3.69. The van der Waals surface area contributed by atoms with E-state index < -0.39 is 5.97 Å². The highest BCUT2D eigenvalue weighted by Gasteiger charge is 2.34. The Balaban J connectivity index is 1.88. The molecule has 1 aliphatic rings. The van der Waals surface area contributed by atoms with Gasteiger partial charge in [0.2, 0.25) is 5.91 Å². The molecule has 2 heterocycles. The van der Waals surface area contributed by atoms with Crippen molar-refractivity contribution in [3.05, 3.63) is 69.4 Å². The third-order valence-electron chi connectivity index (χ3n) is 5.01. The number of ether oxygens (including phenoxy) is 1. The minimum absolute atomic E-state index is 0.118. The highest BCUT2D eigenvalue weighted by atomic mass is 32.1.